The lowest BCUT2D eigenvalue weighted by molar-refractivity contribution is 0.248. The van der Waals surface area contributed by atoms with Crippen LogP contribution in [0.3, 0.4) is 0 Å². The van der Waals surface area contributed by atoms with Crippen molar-refractivity contribution in [3.63, 3.8) is 0 Å². The Morgan fingerprint density at radius 1 is 1.61 bits per heavy atom. The molecular formula is C12H19N3O2S. The van der Waals surface area contributed by atoms with Gasteiger partial charge in [-0.05, 0) is 25.5 Å². The predicted octanol–water partition coefficient (Wildman–Crippen LogP) is 2.78. The molecule has 0 aliphatic heterocycles. The van der Waals surface area contributed by atoms with Crippen LogP contribution in [-0.2, 0) is 0 Å². The van der Waals surface area contributed by atoms with Crippen molar-refractivity contribution in [1.82, 2.24) is 10.5 Å². The second kappa shape index (κ2) is 6.13. The second-order valence-corrected chi connectivity index (χ2v) is 5.97. The first kappa shape index (κ1) is 13.3. The maximum Gasteiger partial charge on any atom is 0.320 e. The Kier molecular flexibility index (Phi) is 4.52. The van der Waals surface area contributed by atoms with Crippen molar-refractivity contribution < 1.29 is 9.32 Å². The Balaban J connectivity index is 1.83. The van der Waals surface area contributed by atoms with Crippen LogP contribution in [0.2, 0.25) is 0 Å². The molecule has 0 spiro atoms. The lowest BCUT2D eigenvalue weighted by Crippen LogP contribution is -2.41. The van der Waals surface area contributed by atoms with Gasteiger partial charge >= 0.3 is 6.03 Å². The Morgan fingerprint density at radius 2 is 2.44 bits per heavy atom. The van der Waals surface area contributed by atoms with Crippen molar-refractivity contribution in [3.8, 4) is 0 Å². The van der Waals surface area contributed by atoms with Gasteiger partial charge in [0.15, 0.2) is 5.82 Å². The van der Waals surface area contributed by atoms with Crippen LogP contribution in [0.1, 0.15) is 31.9 Å². The number of nitrogens with zero attached hydrogens (tertiary/aromatic N) is 1. The van der Waals surface area contributed by atoms with E-state index in [0.717, 1.165) is 12.2 Å². The number of aryl methyl sites for hydroxylation is 1. The highest BCUT2D eigenvalue weighted by atomic mass is 32.2. The van der Waals surface area contributed by atoms with E-state index in [1.807, 2.05) is 11.8 Å². The van der Waals surface area contributed by atoms with Crippen molar-refractivity contribution in [3.05, 3.63) is 11.8 Å². The van der Waals surface area contributed by atoms with Crippen molar-refractivity contribution in [1.29, 1.82) is 0 Å². The number of nitrogens with one attached hydrogen (secondary N) is 2. The average molecular weight is 269 g/mol. The van der Waals surface area contributed by atoms with Crippen molar-refractivity contribution >= 4 is 23.6 Å². The Morgan fingerprint density at radius 3 is 3.11 bits per heavy atom. The van der Waals surface area contributed by atoms with Gasteiger partial charge < -0.3 is 9.84 Å². The van der Waals surface area contributed by atoms with Gasteiger partial charge in [-0.15, -0.1) is 0 Å². The normalized spacial score (nSPS) is 23.0. The zero-order valence-corrected chi connectivity index (χ0v) is 11.5. The molecule has 1 fully saturated rings. The summed E-state index contributed by atoms with van der Waals surface area (Å²) in [5, 5.41) is 9.98. The van der Waals surface area contributed by atoms with E-state index >= 15 is 0 Å². The predicted molar refractivity (Wildman–Crippen MR) is 73.0 cm³/mol. The number of carbonyl (C=O) groups is 1. The Labute approximate surface area is 111 Å². The number of amides is 2. The Hall–Kier alpha value is -1.17. The number of aromatic nitrogens is 1. The summed E-state index contributed by atoms with van der Waals surface area (Å²) in [5.41, 5.74) is 0. The first-order valence-electron chi connectivity index (χ1n) is 6.31. The first-order valence-corrected chi connectivity index (χ1v) is 7.36. The van der Waals surface area contributed by atoms with E-state index in [9.17, 15) is 4.79 Å². The molecule has 0 saturated heterocycles. The number of hydrogen-bond acceptors (Lipinski definition) is 4. The van der Waals surface area contributed by atoms with Crippen LogP contribution < -0.4 is 10.6 Å². The van der Waals surface area contributed by atoms with E-state index < -0.39 is 0 Å². The van der Waals surface area contributed by atoms with Crippen LogP contribution in [0.15, 0.2) is 10.6 Å². The van der Waals surface area contributed by atoms with Crippen molar-refractivity contribution in [2.24, 2.45) is 0 Å². The van der Waals surface area contributed by atoms with Gasteiger partial charge in [-0.2, -0.15) is 11.8 Å². The molecule has 0 unspecified atom stereocenters. The summed E-state index contributed by atoms with van der Waals surface area (Å²) < 4.78 is 4.90. The van der Waals surface area contributed by atoms with E-state index in [1.165, 1.54) is 12.8 Å². The van der Waals surface area contributed by atoms with Crippen LogP contribution >= 0.6 is 11.8 Å². The summed E-state index contributed by atoms with van der Waals surface area (Å²) in [6.07, 6.45) is 3.43. The lowest BCUT2D eigenvalue weighted by atomic mass is 10.2. The van der Waals surface area contributed by atoms with E-state index in [0.29, 0.717) is 16.8 Å². The molecule has 0 radical (unpaired) electrons. The fraction of sp³-hybridized carbons (Fsp3) is 0.667. The molecule has 2 N–H and O–H groups in total. The third kappa shape index (κ3) is 3.41. The number of thioether (sulfide) groups is 1. The average Bonchev–Trinajstić information content (AvgIpc) is 2.90. The van der Waals surface area contributed by atoms with Gasteiger partial charge in [0.25, 0.3) is 0 Å². The minimum absolute atomic E-state index is 0.197. The molecular weight excluding hydrogens is 250 g/mol. The molecule has 1 aromatic heterocycles. The topological polar surface area (TPSA) is 67.2 Å². The molecule has 1 heterocycles. The Bertz CT molecular complexity index is 408. The second-order valence-electron chi connectivity index (χ2n) is 4.45. The summed E-state index contributed by atoms with van der Waals surface area (Å²) in [5.74, 6) is 2.24. The highest BCUT2D eigenvalue weighted by molar-refractivity contribution is 7.99. The van der Waals surface area contributed by atoms with E-state index in [4.69, 9.17) is 4.52 Å². The van der Waals surface area contributed by atoms with Crippen LogP contribution in [0, 0.1) is 6.92 Å². The van der Waals surface area contributed by atoms with Gasteiger partial charge in [-0.3, -0.25) is 5.32 Å². The van der Waals surface area contributed by atoms with Gasteiger partial charge in [-0.25, -0.2) is 4.79 Å². The maximum atomic E-state index is 11.8. The minimum Gasteiger partial charge on any atom is -0.360 e. The van der Waals surface area contributed by atoms with Gasteiger partial charge in [-0.1, -0.05) is 18.5 Å². The molecule has 100 valence electrons. The summed E-state index contributed by atoms with van der Waals surface area (Å²) in [6.45, 7) is 3.94. The fourth-order valence-corrected chi connectivity index (χ4v) is 3.45. The SMILES string of the molecule is CCS[C@@H]1CCC[C@@H]1NC(=O)Nc1cc(C)on1. The van der Waals surface area contributed by atoms with E-state index in [1.54, 1.807) is 13.0 Å². The molecule has 2 amide bonds. The lowest BCUT2D eigenvalue weighted by Gasteiger charge is -2.19. The van der Waals surface area contributed by atoms with Crippen LogP contribution in [0.25, 0.3) is 0 Å². The monoisotopic (exact) mass is 269 g/mol. The smallest absolute Gasteiger partial charge is 0.320 e. The number of carbonyl (C=O) groups excluding carboxylic acids is 1. The first-order chi connectivity index (χ1) is 8.69. The zero-order chi connectivity index (χ0) is 13.0. The molecule has 6 heteroatoms. The van der Waals surface area contributed by atoms with E-state index in [2.05, 4.69) is 22.7 Å². The highest BCUT2D eigenvalue weighted by Crippen LogP contribution is 2.29. The molecule has 1 aliphatic rings. The summed E-state index contributed by atoms with van der Waals surface area (Å²) in [7, 11) is 0. The zero-order valence-electron chi connectivity index (χ0n) is 10.7. The van der Waals surface area contributed by atoms with Gasteiger partial charge in [0, 0.05) is 17.4 Å². The molecule has 0 bridgehead atoms. The largest absolute Gasteiger partial charge is 0.360 e. The molecule has 5 nitrogen and oxygen atoms in total. The fourth-order valence-electron chi connectivity index (χ4n) is 2.25. The number of rotatable bonds is 4. The van der Waals surface area contributed by atoms with Gasteiger partial charge in [0.05, 0.1) is 0 Å². The van der Waals surface area contributed by atoms with Crippen molar-refractivity contribution in [2.45, 2.75) is 44.4 Å². The standard InChI is InChI=1S/C12H19N3O2S/c1-3-18-10-6-4-5-9(10)13-12(16)14-11-7-8(2)17-15-11/h7,9-10H,3-6H2,1-2H3,(H2,13,14,15,16)/t9-,10+/m0/s1. The number of hydrogen-bond donors (Lipinski definition) is 2. The summed E-state index contributed by atoms with van der Waals surface area (Å²) in [4.78, 5) is 11.8. The molecule has 2 atom stereocenters. The summed E-state index contributed by atoms with van der Waals surface area (Å²) >= 11 is 1.92. The molecule has 2 rings (SSSR count). The molecule has 1 saturated carbocycles. The quantitative estimate of drug-likeness (QED) is 0.882. The third-order valence-corrected chi connectivity index (χ3v) is 4.35. The number of urea groups is 1. The van der Waals surface area contributed by atoms with Crippen molar-refractivity contribution in [2.75, 3.05) is 11.1 Å². The van der Waals surface area contributed by atoms with E-state index in [-0.39, 0.29) is 12.1 Å². The van der Waals surface area contributed by atoms with Crippen LogP contribution in [0.5, 0.6) is 0 Å². The van der Waals surface area contributed by atoms with Crippen LogP contribution in [-0.4, -0.2) is 28.2 Å². The highest BCUT2D eigenvalue weighted by Gasteiger charge is 2.28. The number of anilines is 1. The molecule has 0 aromatic carbocycles. The van der Waals surface area contributed by atoms with Crippen LogP contribution in [0.4, 0.5) is 10.6 Å². The third-order valence-electron chi connectivity index (χ3n) is 3.02. The van der Waals surface area contributed by atoms with Gasteiger partial charge in [0.1, 0.15) is 5.76 Å². The minimum atomic E-state index is -0.197. The van der Waals surface area contributed by atoms with Gasteiger partial charge in [0.2, 0.25) is 0 Å². The maximum absolute atomic E-state index is 11.8. The molecule has 1 aliphatic carbocycles. The molecule has 1 aromatic rings. The molecule has 18 heavy (non-hydrogen) atoms. The summed E-state index contributed by atoms with van der Waals surface area (Å²) in [6, 6.07) is 1.77.